The third-order valence-electron chi connectivity index (χ3n) is 3.30. The van der Waals surface area contributed by atoms with Crippen molar-refractivity contribution >= 4 is 11.5 Å². The molecule has 0 spiro atoms. The Bertz CT molecular complexity index is 809. The normalized spacial score (nSPS) is 12.4. The number of H-pyrrole nitrogens is 1. The summed E-state index contributed by atoms with van der Waals surface area (Å²) >= 11 is 0. The average Bonchev–Trinajstić information content (AvgIpc) is 2.94. The van der Waals surface area contributed by atoms with Crippen LogP contribution in [0.3, 0.4) is 0 Å². The van der Waals surface area contributed by atoms with Crippen molar-refractivity contribution in [1.82, 2.24) is 9.55 Å². The van der Waals surface area contributed by atoms with Crippen LogP contribution in [0.25, 0.3) is 0 Å². The Morgan fingerprint density at radius 2 is 2.19 bits per heavy atom. The van der Waals surface area contributed by atoms with E-state index in [9.17, 15) is 9.59 Å². The lowest BCUT2D eigenvalue weighted by atomic mass is 10.2. The first kappa shape index (κ1) is 13.1. The quantitative estimate of drug-likeness (QED) is 0.733. The predicted octanol–water partition coefficient (Wildman–Crippen LogP) is -0.00340. The Labute approximate surface area is 119 Å². The Morgan fingerprint density at radius 3 is 3.00 bits per heavy atom. The highest BCUT2D eigenvalue weighted by Crippen LogP contribution is 2.35. The van der Waals surface area contributed by atoms with Gasteiger partial charge in [-0.15, -0.1) is 0 Å². The zero-order valence-corrected chi connectivity index (χ0v) is 11.3. The van der Waals surface area contributed by atoms with Gasteiger partial charge in [-0.3, -0.25) is 14.3 Å². The molecule has 0 radical (unpaired) electrons. The van der Waals surface area contributed by atoms with Gasteiger partial charge >= 0.3 is 5.69 Å². The van der Waals surface area contributed by atoms with Gasteiger partial charge in [-0.2, -0.15) is 0 Å². The van der Waals surface area contributed by atoms with Gasteiger partial charge < -0.3 is 20.5 Å². The van der Waals surface area contributed by atoms with E-state index in [-0.39, 0.29) is 18.3 Å². The number of anilines is 2. The smallest absolute Gasteiger partial charge is 0.329 e. The molecule has 3 rings (SSSR count). The zero-order chi connectivity index (χ0) is 15.0. The summed E-state index contributed by atoms with van der Waals surface area (Å²) < 4.78 is 11.8. The minimum atomic E-state index is -0.555. The number of benzene rings is 1. The maximum Gasteiger partial charge on any atom is 0.329 e. The van der Waals surface area contributed by atoms with Gasteiger partial charge in [0.05, 0.1) is 0 Å². The molecule has 2 heterocycles. The van der Waals surface area contributed by atoms with Crippen molar-refractivity contribution in [2.45, 2.75) is 6.54 Å². The van der Waals surface area contributed by atoms with Gasteiger partial charge in [0, 0.05) is 19.2 Å². The number of nitrogens with two attached hydrogens (primary N) is 1. The topological polar surface area (TPSA) is 111 Å². The van der Waals surface area contributed by atoms with Crippen LogP contribution < -0.4 is 31.8 Å². The monoisotopic (exact) mass is 290 g/mol. The maximum atomic E-state index is 11.8. The third-order valence-corrected chi connectivity index (χ3v) is 3.30. The third kappa shape index (κ3) is 2.20. The van der Waals surface area contributed by atoms with Crippen LogP contribution in [-0.4, -0.2) is 16.3 Å². The number of ether oxygens (including phenoxy) is 2. The van der Waals surface area contributed by atoms with Crippen molar-refractivity contribution in [2.24, 2.45) is 7.05 Å². The largest absolute Gasteiger partial charge is 0.454 e. The molecular formula is C13H14N4O4. The summed E-state index contributed by atoms with van der Waals surface area (Å²) in [5.74, 6) is 1.38. The van der Waals surface area contributed by atoms with Crippen LogP contribution in [0, 0.1) is 0 Å². The van der Waals surface area contributed by atoms with Crippen LogP contribution in [0.5, 0.6) is 11.5 Å². The summed E-state index contributed by atoms with van der Waals surface area (Å²) in [7, 11) is 1.48. The van der Waals surface area contributed by atoms with E-state index in [1.165, 1.54) is 11.6 Å². The summed E-state index contributed by atoms with van der Waals surface area (Å²) in [5, 5.41) is 2.93. The minimum absolute atomic E-state index is 0.0773. The molecule has 1 aromatic carbocycles. The number of nitrogen functional groups attached to an aromatic ring is 1. The maximum absolute atomic E-state index is 11.8. The summed E-state index contributed by atoms with van der Waals surface area (Å²) in [6.07, 6.45) is 0. The lowest BCUT2D eigenvalue weighted by molar-refractivity contribution is 0.173. The van der Waals surface area contributed by atoms with E-state index < -0.39 is 11.2 Å². The lowest BCUT2D eigenvalue weighted by Gasteiger charge is -2.11. The molecule has 0 aliphatic carbocycles. The van der Waals surface area contributed by atoms with Crippen LogP contribution in [0.2, 0.25) is 0 Å². The molecule has 0 fully saturated rings. The van der Waals surface area contributed by atoms with Gasteiger partial charge in [-0.05, 0) is 6.07 Å². The zero-order valence-electron chi connectivity index (χ0n) is 11.3. The van der Waals surface area contributed by atoms with E-state index in [1.54, 1.807) is 6.07 Å². The van der Waals surface area contributed by atoms with Gasteiger partial charge in [0.15, 0.2) is 11.5 Å². The number of hydrogen-bond acceptors (Lipinski definition) is 6. The molecule has 1 aromatic heterocycles. The van der Waals surface area contributed by atoms with Gasteiger partial charge in [-0.1, -0.05) is 12.1 Å². The van der Waals surface area contributed by atoms with E-state index in [4.69, 9.17) is 15.2 Å². The molecule has 0 saturated carbocycles. The molecule has 21 heavy (non-hydrogen) atoms. The molecule has 0 unspecified atom stereocenters. The second-order valence-electron chi connectivity index (χ2n) is 4.58. The lowest BCUT2D eigenvalue weighted by Crippen LogP contribution is -2.32. The molecule has 8 nitrogen and oxygen atoms in total. The fraction of sp³-hybridized carbons (Fsp3) is 0.231. The number of nitrogens with one attached hydrogen (secondary N) is 2. The second kappa shape index (κ2) is 4.89. The molecule has 4 N–H and O–H groups in total. The number of aromatic amines is 1. The van der Waals surface area contributed by atoms with Crippen molar-refractivity contribution in [3.8, 4) is 11.5 Å². The van der Waals surface area contributed by atoms with Crippen LogP contribution >= 0.6 is 0 Å². The van der Waals surface area contributed by atoms with E-state index >= 15 is 0 Å². The number of rotatable bonds is 3. The van der Waals surface area contributed by atoms with Crippen molar-refractivity contribution in [3.63, 3.8) is 0 Å². The fourth-order valence-corrected chi connectivity index (χ4v) is 2.12. The Morgan fingerprint density at radius 1 is 1.38 bits per heavy atom. The van der Waals surface area contributed by atoms with E-state index in [1.807, 2.05) is 12.1 Å². The highest BCUT2D eigenvalue weighted by Gasteiger charge is 2.17. The molecular weight excluding hydrogens is 276 g/mol. The predicted molar refractivity (Wildman–Crippen MR) is 76.6 cm³/mol. The highest BCUT2D eigenvalue weighted by atomic mass is 16.7. The Kier molecular flexibility index (Phi) is 3.05. The first-order chi connectivity index (χ1) is 10.1. The number of nitrogens with zero attached hydrogens (tertiary/aromatic N) is 1. The first-order valence-corrected chi connectivity index (χ1v) is 6.28. The van der Waals surface area contributed by atoms with Crippen LogP contribution in [0.4, 0.5) is 11.5 Å². The van der Waals surface area contributed by atoms with Crippen molar-refractivity contribution in [2.75, 3.05) is 17.8 Å². The van der Waals surface area contributed by atoms with Gasteiger partial charge in [-0.25, -0.2) is 4.79 Å². The molecule has 0 amide bonds. The Balaban J connectivity index is 1.90. The molecule has 0 atom stereocenters. The fourth-order valence-electron chi connectivity index (χ4n) is 2.12. The number of fused-ring (bicyclic) bond motifs is 1. The van der Waals surface area contributed by atoms with Crippen LogP contribution in [-0.2, 0) is 13.6 Å². The van der Waals surface area contributed by atoms with Crippen LogP contribution in [0.1, 0.15) is 5.56 Å². The van der Waals surface area contributed by atoms with Crippen molar-refractivity contribution in [1.29, 1.82) is 0 Å². The number of hydrogen-bond donors (Lipinski definition) is 3. The molecule has 8 heteroatoms. The summed E-state index contributed by atoms with van der Waals surface area (Å²) in [4.78, 5) is 25.4. The standard InChI is InChI=1S/C13H14N4O4/c1-17-11(14)9(12(18)16-13(17)19)15-5-7-3-2-4-8-10(7)21-6-20-8/h2-4,15H,5-6,14H2,1H3,(H,16,18,19). The Hall–Kier alpha value is -2.90. The van der Waals surface area contributed by atoms with Gasteiger partial charge in [0.2, 0.25) is 6.79 Å². The van der Waals surface area contributed by atoms with Crippen molar-refractivity contribution in [3.05, 3.63) is 44.6 Å². The summed E-state index contributed by atoms with van der Waals surface area (Å²) in [5.41, 5.74) is 5.65. The highest BCUT2D eigenvalue weighted by molar-refractivity contribution is 5.61. The molecule has 1 aliphatic heterocycles. The SMILES string of the molecule is Cn1c(N)c(NCc2cccc3c2OCO3)c(=O)[nH]c1=O. The van der Waals surface area contributed by atoms with Crippen molar-refractivity contribution < 1.29 is 9.47 Å². The molecule has 0 bridgehead atoms. The second-order valence-corrected chi connectivity index (χ2v) is 4.58. The van der Waals surface area contributed by atoms with Crippen LogP contribution in [0.15, 0.2) is 27.8 Å². The first-order valence-electron chi connectivity index (χ1n) is 6.28. The summed E-state index contributed by atoms with van der Waals surface area (Å²) in [6, 6.07) is 5.49. The van der Waals surface area contributed by atoms with E-state index in [2.05, 4.69) is 10.3 Å². The number of para-hydroxylation sites is 1. The van der Waals surface area contributed by atoms with Gasteiger partial charge in [0.1, 0.15) is 11.5 Å². The molecule has 0 saturated heterocycles. The molecule has 2 aromatic rings. The number of aromatic nitrogens is 2. The summed E-state index contributed by atoms with van der Waals surface area (Å²) in [6.45, 7) is 0.493. The van der Waals surface area contributed by atoms with E-state index in [0.717, 1.165) is 5.56 Å². The molecule has 1 aliphatic rings. The van der Waals surface area contributed by atoms with Gasteiger partial charge in [0.25, 0.3) is 5.56 Å². The molecule has 110 valence electrons. The minimum Gasteiger partial charge on any atom is -0.454 e. The van der Waals surface area contributed by atoms with E-state index in [0.29, 0.717) is 18.0 Å². The average molecular weight is 290 g/mol.